The Morgan fingerprint density at radius 1 is 0.941 bits per heavy atom. The van der Waals surface area contributed by atoms with Crippen LogP contribution in [0, 0.1) is 19.8 Å². The van der Waals surface area contributed by atoms with E-state index < -0.39 is 0 Å². The molecule has 0 aromatic heterocycles. The van der Waals surface area contributed by atoms with Gasteiger partial charge in [0.15, 0.2) is 0 Å². The lowest BCUT2D eigenvalue weighted by Crippen LogP contribution is -2.45. The van der Waals surface area contributed by atoms with E-state index in [1.54, 1.807) is 0 Å². The predicted molar refractivity (Wildman–Crippen MR) is 147 cm³/mol. The molecule has 34 heavy (non-hydrogen) atoms. The summed E-state index contributed by atoms with van der Waals surface area (Å²) in [5.74, 6) is 2.66. The molecular weight excluding hydrogens is 436 g/mol. The number of likely N-dealkylation sites (N-methyl/N-ethyl adjacent to an activating group) is 1. The van der Waals surface area contributed by atoms with Crippen LogP contribution >= 0.6 is 11.8 Å². The minimum atomic E-state index is 0.344. The zero-order chi connectivity index (χ0) is 23.5. The molecule has 2 aromatic carbocycles. The van der Waals surface area contributed by atoms with Crippen molar-refractivity contribution in [3.63, 3.8) is 0 Å². The van der Waals surface area contributed by atoms with Crippen LogP contribution in [-0.2, 0) is 0 Å². The predicted octanol–water partition coefficient (Wildman–Crippen LogP) is 5.10. The van der Waals surface area contributed by atoms with Gasteiger partial charge in [-0.2, -0.15) is 16.9 Å². The molecule has 3 heterocycles. The van der Waals surface area contributed by atoms with Gasteiger partial charge in [-0.05, 0) is 67.8 Å². The molecule has 2 saturated heterocycles. The molecule has 2 unspecified atom stereocenters. The summed E-state index contributed by atoms with van der Waals surface area (Å²) in [6, 6.07) is 18.0. The van der Waals surface area contributed by atoms with E-state index in [1.165, 1.54) is 72.7 Å². The summed E-state index contributed by atoms with van der Waals surface area (Å²) in [5, 5.41) is 7.79. The van der Waals surface area contributed by atoms with Crippen molar-refractivity contribution in [1.29, 1.82) is 0 Å². The fraction of sp³-hybridized carbons (Fsp3) is 0.483. The molecule has 2 atom stereocenters. The average molecular weight is 475 g/mol. The fourth-order valence-corrected chi connectivity index (χ4v) is 6.70. The maximum absolute atomic E-state index is 5.35. The summed E-state index contributed by atoms with van der Waals surface area (Å²) in [7, 11) is 2.23. The third-order valence-electron chi connectivity index (χ3n) is 7.66. The number of hydrazone groups is 1. The fourth-order valence-electron chi connectivity index (χ4n) is 5.54. The van der Waals surface area contributed by atoms with Crippen LogP contribution in [0.1, 0.15) is 34.7 Å². The molecule has 180 valence electrons. The Morgan fingerprint density at radius 2 is 1.68 bits per heavy atom. The molecule has 0 N–H and O–H groups in total. The van der Waals surface area contributed by atoms with Crippen LogP contribution in [0.4, 0.5) is 0 Å². The lowest BCUT2D eigenvalue weighted by atomic mass is 9.86. The van der Waals surface area contributed by atoms with E-state index in [0.29, 0.717) is 12.0 Å². The molecule has 0 spiro atoms. The summed E-state index contributed by atoms with van der Waals surface area (Å²) in [6.45, 7) is 11.4. The smallest absolute Gasteiger partial charge is 0.0814 e. The van der Waals surface area contributed by atoms with Gasteiger partial charge in [0.2, 0.25) is 0 Å². The van der Waals surface area contributed by atoms with Gasteiger partial charge in [0.05, 0.1) is 11.8 Å². The highest BCUT2D eigenvalue weighted by atomic mass is 32.2. The zero-order valence-electron chi connectivity index (χ0n) is 20.9. The van der Waals surface area contributed by atoms with Gasteiger partial charge < -0.3 is 9.80 Å². The van der Waals surface area contributed by atoms with Crippen LogP contribution in [-0.4, -0.2) is 78.3 Å². The molecule has 0 radical (unpaired) electrons. The monoisotopic (exact) mass is 474 g/mol. The van der Waals surface area contributed by atoms with Gasteiger partial charge >= 0.3 is 0 Å². The van der Waals surface area contributed by atoms with Gasteiger partial charge in [-0.25, -0.2) is 0 Å². The Balaban J connectivity index is 1.39. The van der Waals surface area contributed by atoms with Gasteiger partial charge in [-0.15, -0.1) is 0 Å². The molecule has 0 bridgehead atoms. The maximum Gasteiger partial charge on any atom is 0.0814 e. The molecule has 5 heteroatoms. The lowest BCUT2D eigenvalue weighted by Gasteiger charge is -2.34. The van der Waals surface area contributed by atoms with Crippen LogP contribution in [0.25, 0.3) is 6.08 Å². The first-order chi connectivity index (χ1) is 16.6. The van der Waals surface area contributed by atoms with E-state index in [9.17, 15) is 0 Å². The van der Waals surface area contributed by atoms with Gasteiger partial charge in [-0.1, -0.05) is 48.5 Å². The van der Waals surface area contributed by atoms with Crippen LogP contribution in [0.15, 0.2) is 59.2 Å². The van der Waals surface area contributed by atoms with Crippen molar-refractivity contribution in [2.75, 3.05) is 57.8 Å². The van der Waals surface area contributed by atoms with Crippen LogP contribution < -0.4 is 0 Å². The first-order valence-electron chi connectivity index (χ1n) is 12.8. The molecular formula is C29H38N4S. The Hall–Kier alpha value is -2.08. The highest BCUT2D eigenvalue weighted by Gasteiger charge is 2.41. The Kier molecular flexibility index (Phi) is 7.43. The summed E-state index contributed by atoms with van der Waals surface area (Å²) >= 11 is 2.07. The van der Waals surface area contributed by atoms with E-state index in [4.69, 9.17) is 5.10 Å². The van der Waals surface area contributed by atoms with E-state index in [2.05, 4.69) is 102 Å². The van der Waals surface area contributed by atoms with Gasteiger partial charge in [-0.3, -0.25) is 5.01 Å². The van der Waals surface area contributed by atoms with Crippen molar-refractivity contribution in [3.05, 3.63) is 76.4 Å². The minimum absolute atomic E-state index is 0.344. The lowest BCUT2D eigenvalue weighted by molar-refractivity contribution is 0.139. The highest BCUT2D eigenvalue weighted by Crippen LogP contribution is 2.44. The number of aryl methyl sites for hydroxylation is 2. The third-order valence-corrected chi connectivity index (χ3v) is 8.77. The second-order valence-electron chi connectivity index (χ2n) is 10.1. The average Bonchev–Trinajstić information content (AvgIpc) is 3.21. The molecule has 0 saturated carbocycles. The third kappa shape index (κ3) is 5.12. The van der Waals surface area contributed by atoms with Crippen molar-refractivity contribution in [3.8, 4) is 0 Å². The van der Waals surface area contributed by atoms with Crippen molar-refractivity contribution in [2.45, 2.75) is 26.3 Å². The number of piperazine rings is 1. The Labute approximate surface area is 209 Å². The SMILES string of the molecule is Cc1ccccc1/C=C1/CSCC2C1=NN(CCCN1CCN(C)CC1)C2c1ccccc1C. The topological polar surface area (TPSA) is 22.1 Å². The summed E-state index contributed by atoms with van der Waals surface area (Å²) in [5.41, 5.74) is 8.23. The van der Waals surface area contributed by atoms with Crippen LogP contribution in [0.3, 0.4) is 0 Å². The standard InChI is InChI=1S/C29H38N4S/c1-22-9-4-6-11-24(22)19-25-20-34-21-27-28(25)30-33(29(27)26-12-7-5-10-23(26)2)14-8-13-32-17-15-31(3)16-18-32/h4-7,9-12,19,27,29H,8,13-18,20-21H2,1-3H3/b25-19-. The highest BCUT2D eigenvalue weighted by molar-refractivity contribution is 7.99. The number of hydrogen-bond acceptors (Lipinski definition) is 5. The van der Waals surface area contributed by atoms with E-state index in [-0.39, 0.29) is 0 Å². The molecule has 0 amide bonds. The molecule has 3 aliphatic rings. The molecule has 4 nitrogen and oxygen atoms in total. The molecule has 2 aromatic rings. The Bertz CT molecular complexity index is 1050. The van der Waals surface area contributed by atoms with Crippen LogP contribution in [0.2, 0.25) is 0 Å². The number of hydrogen-bond donors (Lipinski definition) is 0. The van der Waals surface area contributed by atoms with Crippen molar-refractivity contribution >= 4 is 23.5 Å². The van der Waals surface area contributed by atoms with E-state index in [1.807, 2.05) is 0 Å². The van der Waals surface area contributed by atoms with E-state index >= 15 is 0 Å². The number of thioether (sulfide) groups is 1. The quantitative estimate of drug-likeness (QED) is 0.581. The van der Waals surface area contributed by atoms with Crippen LogP contribution in [0.5, 0.6) is 0 Å². The second kappa shape index (κ2) is 10.7. The van der Waals surface area contributed by atoms with Gasteiger partial charge in [0, 0.05) is 50.1 Å². The maximum atomic E-state index is 5.35. The molecule has 0 aliphatic carbocycles. The van der Waals surface area contributed by atoms with Crippen molar-refractivity contribution in [2.24, 2.45) is 11.0 Å². The molecule has 2 fully saturated rings. The zero-order valence-corrected chi connectivity index (χ0v) is 21.7. The van der Waals surface area contributed by atoms with E-state index in [0.717, 1.165) is 18.1 Å². The minimum Gasteiger partial charge on any atom is -0.304 e. The second-order valence-corrected chi connectivity index (χ2v) is 11.1. The first kappa shape index (κ1) is 23.7. The van der Waals surface area contributed by atoms with Crippen molar-refractivity contribution < 1.29 is 0 Å². The summed E-state index contributed by atoms with van der Waals surface area (Å²) in [6.07, 6.45) is 3.57. The number of benzene rings is 2. The molecule has 3 aliphatic heterocycles. The van der Waals surface area contributed by atoms with Gasteiger partial charge in [0.1, 0.15) is 0 Å². The molecule has 5 rings (SSSR count). The summed E-state index contributed by atoms with van der Waals surface area (Å²) < 4.78 is 0. The number of fused-ring (bicyclic) bond motifs is 1. The van der Waals surface area contributed by atoms with Gasteiger partial charge in [0.25, 0.3) is 0 Å². The Morgan fingerprint density at radius 3 is 2.44 bits per heavy atom. The number of rotatable bonds is 6. The largest absolute Gasteiger partial charge is 0.304 e. The summed E-state index contributed by atoms with van der Waals surface area (Å²) in [4.78, 5) is 5.06. The number of nitrogens with zero attached hydrogens (tertiary/aromatic N) is 4. The van der Waals surface area contributed by atoms with Crippen molar-refractivity contribution in [1.82, 2.24) is 14.8 Å². The normalized spacial score (nSPS) is 25.0. The first-order valence-corrected chi connectivity index (χ1v) is 13.9.